The molecule has 1 atom stereocenters. The molecule has 0 aromatic carbocycles. The molecule has 6 heteroatoms. The van der Waals surface area contributed by atoms with E-state index in [9.17, 15) is 8.42 Å². The van der Waals surface area contributed by atoms with Crippen LogP contribution in [0.2, 0.25) is 0 Å². The third-order valence-corrected chi connectivity index (χ3v) is 6.04. The van der Waals surface area contributed by atoms with Crippen LogP contribution in [0.4, 0.5) is 0 Å². The molecule has 1 aliphatic heterocycles. The minimum atomic E-state index is -3.17. The molecule has 2 fully saturated rings. The molecule has 2 N–H and O–H groups in total. The Hall–Kier alpha value is -0.170. The Morgan fingerprint density at radius 2 is 1.82 bits per heavy atom. The monoisotopic (exact) mass is 261 g/mol. The summed E-state index contributed by atoms with van der Waals surface area (Å²) in [6.45, 7) is 6.02. The smallest absolute Gasteiger partial charge is 0.218 e. The summed E-state index contributed by atoms with van der Waals surface area (Å²) in [5.74, 6) is 0.876. The highest BCUT2D eigenvalue weighted by molar-refractivity contribution is 7.89. The van der Waals surface area contributed by atoms with Crippen molar-refractivity contribution in [1.29, 1.82) is 0 Å². The highest BCUT2D eigenvalue weighted by atomic mass is 32.2. The maximum atomic E-state index is 12.1. The number of rotatable bonds is 5. The zero-order valence-corrected chi connectivity index (χ0v) is 11.3. The van der Waals surface area contributed by atoms with Gasteiger partial charge < -0.3 is 10.6 Å². The molecular formula is C11H23N3O2S. The van der Waals surface area contributed by atoms with E-state index in [1.807, 2.05) is 0 Å². The molecule has 0 aromatic rings. The van der Waals surface area contributed by atoms with Crippen LogP contribution in [-0.2, 0) is 10.0 Å². The van der Waals surface area contributed by atoms with Crippen LogP contribution in [0.15, 0.2) is 0 Å². The first-order chi connectivity index (χ1) is 8.04. The van der Waals surface area contributed by atoms with Gasteiger partial charge in [-0.15, -0.1) is 0 Å². The molecule has 0 bridgehead atoms. The Labute approximate surface area is 104 Å². The van der Waals surface area contributed by atoms with Gasteiger partial charge in [0.15, 0.2) is 0 Å². The van der Waals surface area contributed by atoms with Crippen LogP contribution in [0.3, 0.4) is 0 Å². The van der Waals surface area contributed by atoms with Gasteiger partial charge >= 0.3 is 0 Å². The van der Waals surface area contributed by atoms with E-state index in [2.05, 4.69) is 4.90 Å². The Morgan fingerprint density at radius 3 is 2.29 bits per heavy atom. The molecule has 100 valence electrons. The molecule has 2 rings (SSSR count). The van der Waals surface area contributed by atoms with Gasteiger partial charge in [-0.3, -0.25) is 0 Å². The lowest BCUT2D eigenvalue weighted by Gasteiger charge is -2.35. The van der Waals surface area contributed by atoms with E-state index in [4.69, 9.17) is 5.73 Å². The Bertz CT molecular complexity index is 346. The summed E-state index contributed by atoms with van der Waals surface area (Å²) in [4.78, 5) is 2.39. The summed E-state index contributed by atoms with van der Waals surface area (Å²) in [6, 6.07) is 0. The Morgan fingerprint density at radius 1 is 1.24 bits per heavy atom. The van der Waals surface area contributed by atoms with Gasteiger partial charge in [-0.2, -0.15) is 4.31 Å². The first kappa shape index (κ1) is 13.3. The van der Waals surface area contributed by atoms with E-state index in [-0.39, 0.29) is 6.54 Å². The predicted molar refractivity (Wildman–Crippen MR) is 68.2 cm³/mol. The van der Waals surface area contributed by atoms with Crippen molar-refractivity contribution in [1.82, 2.24) is 9.21 Å². The zero-order valence-electron chi connectivity index (χ0n) is 10.5. The van der Waals surface area contributed by atoms with Crippen LogP contribution in [0.25, 0.3) is 0 Å². The van der Waals surface area contributed by atoms with Crippen molar-refractivity contribution >= 4 is 10.0 Å². The molecule has 2 aliphatic rings. The van der Waals surface area contributed by atoms with Gasteiger partial charge in [0.05, 0.1) is 5.25 Å². The molecule has 0 radical (unpaired) electrons. The average molecular weight is 261 g/mol. The lowest BCUT2D eigenvalue weighted by atomic mass is 10.3. The standard InChI is InChI=1S/C11H23N3O2S/c1-10(8-12)17(15,16)14-6-4-13(5-7-14)9-11-2-3-11/h10-11H,2-9,12H2,1H3. The van der Waals surface area contributed by atoms with Crippen molar-refractivity contribution in [2.75, 3.05) is 39.3 Å². The molecule has 17 heavy (non-hydrogen) atoms. The van der Waals surface area contributed by atoms with Crippen LogP contribution in [0.1, 0.15) is 19.8 Å². The third kappa shape index (κ3) is 3.19. The van der Waals surface area contributed by atoms with Crippen molar-refractivity contribution in [3.8, 4) is 0 Å². The summed E-state index contributed by atoms with van der Waals surface area (Å²) in [7, 11) is -3.17. The molecule has 1 saturated heterocycles. The third-order valence-electron chi connectivity index (χ3n) is 3.74. The quantitative estimate of drug-likeness (QED) is 0.737. The average Bonchev–Trinajstić information content (AvgIpc) is 3.12. The predicted octanol–water partition coefficient (Wildman–Crippen LogP) is -0.309. The van der Waals surface area contributed by atoms with E-state index in [1.165, 1.54) is 12.8 Å². The number of nitrogens with zero attached hydrogens (tertiary/aromatic N) is 2. The maximum Gasteiger partial charge on any atom is 0.218 e. The van der Waals surface area contributed by atoms with Gasteiger partial charge in [-0.1, -0.05) is 0 Å². The topological polar surface area (TPSA) is 66.6 Å². The van der Waals surface area contributed by atoms with Crippen LogP contribution >= 0.6 is 0 Å². The Balaban J connectivity index is 1.85. The minimum absolute atomic E-state index is 0.199. The van der Waals surface area contributed by atoms with Crippen molar-refractivity contribution in [3.05, 3.63) is 0 Å². The molecule has 0 spiro atoms. The summed E-state index contributed by atoms with van der Waals surface area (Å²) in [6.07, 6.45) is 2.70. The van der Waals surface area contributed by atoms with E-state index >= 15 is 0 Å². The van der Waals surface area contributed by atoms with Gasteiger partial charge in [0.2, 0.25) is 10.0 Å². The van der Waals surface area contributed by atoms with Crippen molar-refractivity contribution in [3.63, 3.8) is 0 Å². The van der Waals surface area contributed by atoms with Gasteiger partial charge in [0.1, 0.15) is 0 Å². The second kappa shape index (κ2) is 5.22. The lowest BCUT2D eigenvalue weighted by Crippen LogP contribution is -2.51. The number of piperazine rings is 1. The number of sulfonamides is 1. The molecule has 1 unspecified atom stereocenters. The van der Waals surface area contributed by atoms with Gasteiger partial charge in [-0.05, 0) is 25.7 Å². The molecule has 5 nitrogen and oxygen atoms in total. The Kier molecular flexibility index (Phi) is 4.07. The van der Waals surface area contributed by atoms with E-state index in [0.717, 1.165) is 25.6 Å². The number of hydrogen-bond acceptors (Lipinski definition) is 4. The van der Waals surface area contributed by atoms with Gasteiger partial charge in [0.25, 0.3) is 0 Å². The summed E-state index contributed by atoms with van der Waals surface area (Å²) in [5.41, 5.74) is 5.45. The van der Waals surface area contributed by atoms with E-state index < -0.39 is 15.3 Å². The first-order valence-electron chi connectivity index (χ1n) is 6.45. The minimum Gasteiger partial charge on any atom is -0.329 e. The van der Waals surface area contributed by atoms with Crippen molar-refractivity contribution in [2.45, 2.75) is 25.0 Å². The van der Waals surface area contributed by atoms with Crippen LogP contribution in [0, 0.1) is 5.92 Å². The highest BCUT2D eigenvalue weighted by Crippen LogP contribution is 2.30. The first-order valence-corrected chi connectivity index (χ1v) is 7.95. The summed E-state index contributed by atoms with van der Waals surface area (Å²) < 4.78 is 25.8. The molecule has 0 amide bonds. The fourth-order valence-electron chi connectivity index (χ4n) is 2.21. The van der Waals surface area contributed by atoms with Crippen LogP contribution in [-0.4, -0.2) is 62.1 Å². The molecular weight excluding hydrogens is 238 g/mol. The zero-order chi connectivity index (χ0) is 12.5. The number of hydrogen-bond donors (Lipinski definition) is 1. The number of nitrogens with two attached hydrogens (primary N) is 1. The van der Waals surface area contributed by atoms with Crippen molar-refractivity contribution < 1.29 is 8.42 Å². The lowest BCUT2D eigenvalue weighted by molar-refractivity contribution is 0.181. The van der Waals surface area contributed by atoms with E-state index in [1.54, 1.807) is 11.2 Å². The van der Waals surface area contributed by atoms with Gasteiger partial charge in [-0.25, -0.2) is 8.42 Å². The second-order valence-corrected chi connectivity index (χ2v) is 7.59. The van der Waals surface area contributed by atoms with Crippen LogP contribution < -0.4 is 5.73 Å². The molecule has 1 saturated carbocycles. The largest absolute Gasteiger partial charge is 0.329 e. The maximum absolute atomic E-state index is 12.1. The molecule has 0 aromatic heterocycles. The fourth-order valence-corrected chi connectivity index (χ4v) is 3.63. The normalized spacial score (nSPS) is 26.0. The summed E-state index contributed by atoms with van der Waals surface area (Å²) >= 11 is 0. The second-order valence-electron chi connectivity index (χ2n) is 5.23. The van der Waals surface area contributed by atoms with Gasteiger partial charge in [0, 0.05) is 39.3 Å². The van der Waals surface area contributed by atoms with Crippen LogP contribution in [0.5, 0.6) is 0 Å². The fraction of sp³-hybridized carbons (Fsp3) is 1.00. The summed E-state index contributed by atoms with van der Waals surface area (Å²) in [5, 5.41) is -0.461. The SMILES string of the molecule is CC(CN)S(=O)(=O)N1CCN(CC2CC2)CC1. The van der Waals surface area contributed by atoms with Crippen molar-refractivity contribution in [2.24, 2.45) is 11.7 Å². The highest BCUT2D eigenvalue weighted by Gasteiger charge is 2.32. The molecule has 1 aliphatic carbocycles. The van der Waals surface area contributed by atoms with E-state index in [0.29, 0.717) is 13.1 Å². The molecule has 1 heterocycles.